The molecule has 2 aromatic carbocycles. The molecule has 0 saturated carbocycles. The molecule has 0 aromatic heterocycles. The van der Waals surface area contributed by atoms with Gasteiger partial charge in [-0.05, 0) is 54.6 Å². The van der Waals surface area contributed by atoms with Gasteiger partial charge < -0.3 is 5.32 Å². The van der Waals surface area contributed by atoms with E-state index in [1.807, 2.05) is 0 Å². The van der Waals surface area contributed by atoms with E-state index in [2.05, 4.69) is 53.8 Å². The zero-order valence-corrected chi connectivity index (χ0v) is 11.4. The fraction of sp³-hybridized carbons (Fsp3) is 0.333. The van der Waals surface area contributed by atoms with E-state index in [1.165, 1.54) is 54.6 Å². The third kappa shape index (κ3) is 2.87. The first kappa shape index (κ1) is 12.4. The Hall–Kier alpha value is -1.60. The molecule has 1 aliphatic heterocycles. The summed E-state index contributed by atoms with van der Waals surface area (Å²) >= 11 is 0. The molecule has 2 aliphatic rings. The van der Waals surface area contributed by atoms with Gasteiger partial charge in [-0.3, -0.25) is 0 Å². The second-order valence-electron chi connectivity index (χ2n) is 5.30. The van der Waals surface area contributed by atoms with E-state index in [1.54, 1.807) is 0 Å². The summed E-state index contributed by atoms with van der Waals surface area (Å²) in [5, 5.41) is 3.28. The number of benzene rings is 2. The van der Waals surface area contributed by atoms with E-state index in [4.69, 9.17) is 0 Å². The van der Waals surface area contributed by atoms with Gasteiger partial charge in [0.05, 0.1) is 0 Å². The van der Waals surface area contributed by atoms with Gasteiger partial charge in [0.15, 0.2) is 0 Å². The lowest BCUT2D eigenvalue weighted by Gasteiger charge is -2.08. The first-order chi connectivity index (χ1) is 9.45. The summed E-state index contributed by atoms with van der Waals surface area (Å²) in [4.78, 5) is 0. The van der Waals surface area contributed by atoms with Crippen molar-refractivity contribution in [3.63, 3.8) is 0 Å². The molecular formula is C18H21N. The van der Waals surface area contributed by atoms with Gasteiger partial charge in [0.2, 0.25) is 0 Å². The van der Waals surface area contributed by atoms with Gasteiger partial charge >= 0.3 is 0 Å². The van der Waals surface area contributed by atoms with Crippen molar-refractivity contribution in [2.24, 2.45) is 0 Å². The average Bonchev–Trinajstić information content (AvgIpc) is 2.88. The van der Waals surface area contributed by atoms with Crippen LogP contribution in [0.3, 0.4) is 0 Å². The van der Waals surface area contributed by atoms with E-state index < -0.39 is 0 Å². The molecular weight excluding hydrogens is 230 g/mol. The van der Waals surface area contributed by atoms with Crippen molar-refractivity contribution < 1.29 is 0 Å². The maximum atomic E-state index is 3.28. The van der Waals surface area contributed by atoms with Gasteiger partial charge in [0.1, 0.15) is 0 Å². The Balaban J connectivity index is 0.000000155. The molecule has 0 unspecified atom stereocenters. The predicted molar refractivity (Wildman–Crippen MR) is 81.4 cm³/mol. The molecule has 0 bridgehead atoms. The van der Waals surface area contributed by atoms with Gasteiger partial charge in [-0.25, -0.2) is 0 Å². The topological polar surface area (TPSA) is 12.0 Å². The van der Waals surface area contributed by atoms with Gasteiger partial charge in [-0.2, -0.15) is 0 Å². The fourth-order valence-corrected chi connectivity index (χ4v) is 2.88. The quantitative estimate of drug-likeness (QED) is 0.636. The van der Waals surface area contributed by atoms with E-state index in [0.717, 1.165) is 6.42 Å². The molecule has 0 radical (unpaired) electrons. The SMILES string of the molecule is C1CCNCC1.c1ccc2c(c1)Cc1ccccc1-2. The van der Waals surface area contributed by atoms with Crippen molar-refractivity contribution in [1.29, 1.82) is 0 Å². The molecule has 0 spiro atoms. The van der Waals surface area contributed by atoms with Crippen LogP contribution in [0.5, 0.6) is 0 Å². The van der Waals surface area contributed by atoms with E-state index >= 15 is 0 Å². The van der Waals surface area contributed by atoms with Crippen LogP contribution in [0.1, 0.15) is 30.4 Å². The number of hydrogen-bond donors (Lipinski definition) is 1. The number of fused-ring (bicyclic) bond motifs is 3. The number of piperidine rings is 1. The molecule has 1 heteroatoms. The van der Waals surface area contributed by atoms with E-state index in [0.29, 0.717) is 0 Å². The molecule has 1 fully saturated rings. The van der Waals surface area contributed by atoms with Crippen molar-refractivity contribution in [3.05, 3.63) is 59.7 Å². The van der Waals surface area contributed by atoms with Gasteiger partial charge in [0, 0.05) is 0 Å². The van der Waals surface area contributed by atoms with Crippen molar-refractivity contribution in [1.82, 2.24) is 5.32 Å². The van der Waals surface area contributed by atoms with Crippen molar-refractivity contribution in [2.75, 3.05) is 13.1 Å². The molecule has 1 aliphatic carbocycles. The molecule has 19 heavy (non-hydrogen) atoms. The number of hydrogen-bond acceptors (Lipinski definition) is 1. The highest BCUT2D eigenvalue weighted by atomic mass is 14.9. The second-order valence-corrected chi connectivity index (χ2v) is 5.30. The summed E-state index contributed by atoms with van der Waals surface area (Å²) in [6, 6.07) is 17.3. The van der Waals surface area contributed by atoms with Crippen LogP contribution in [-0.2, 0) is 6.42 Å². The summed E-state index contributed by atoms with van der Waals surface area (Å²) in [5.41, 5.74) is 5.75. The molecule has 98 valence electrons. The Kier molecular flexibility index (Phi) is 3.95. The lowest BCUT2D eigenvalue weighted by molar-refractivity contribution is 0.520. The molecule has 1 heterocycles. The molecule has 2 aromatic rings. The molecule has 1 saturated heterocycles. The Morgan fingerprint density at radius 1 is 0.632 bits per heavy atom. The monoisotopic (exact) mass is 251 g/mol. The number of rotatable bonds is 0. The third-order valence-corrected chi connectivity index (χ3v) is 3.91. The summed E-state index contributed by atoms with van der Waals surface area (Å²) in [5.74, 6) is 0. The molecule has 0 amide bonds. The van der Waals surface area contributed by atoms with E-state index in [9.17, 15) is 0 Å². The van der Waals surface area contributed by atoms with Gasteiger partial charge in [0.25, 0.3) is 0 Å². The van der Waals surface area contributed by atoms with Crippen LogP contribution in [0.25, 0.3) is 11.1 Å². The Morgan fingerprint density at radius 3 is 1.58 bits per heavy atom. The van der Waals surface area contributed by atoms with Crippen molar-refractivity contribution in [2.45, 2.75) is 25.7 Å². The summed E-state index contributed by atoms with van der Waals surface area (Å²) in [6.07, 6.45) is 5.32. The van der Waals surface area contributed by atoms with Crippen LogP contribution in [0, 0.1) is 0 Å². The third-order valence-electron chi connectivity index (χ3n) is 3.91. The highest BCUT2D eigenvalue weighted by Gasteiger charge is 2.15. The molecule has 1 N–H and O–H groups in total. The van der Waals surface area contributed by atoms with Crippen LogP contribution in [0.15, 0.2) is 48.5 Å². The summed E-state index contributed by atoms with van der Waals surface area (Å²) in [6.45, 7) is 2.50. The molecule has 4 rings (SSSR count). The minimum Gasteiger partial charge on any atom is -0.317 e. The Bertz CT molecular complexity index is 486. The zero-order valence-electron chi connectivity index (χ0n) is 11.4. The Morgan fingerprint density at radius 2 is 1.16 bits per heavy atom. The first-order valence-electron chi connectivity index (χ1n) is 7.32. The molecule has 0 atom stereocenters. The van der Waals surface area contributed by atoms with Crippen LogP contribution in [-0.4, -0.2) is 13.1 Å². The maximum absolute atomic E-state index is 3.28. The average molecular weight is 251 g/mol. The molecule has 1 nitrogen and oxygen atoms in total. The van der Waals surface area contributed by atoms with Crippen LogP contribution in [0.2, 0.25) is 0 Å². The second kappa shape index (κ2) is 6.03. The van der Waals surface area contributed by atoms with Gasteiger partial charge in [-0.15, -0.1) is 0 Å². The summed E-state index contributed by atoms with van der Waals surface area (Å²) < 4.78 is 0. The summed E-state index contributed by atoms with van der Waals surface area (Å²) in [7, 11) is 0. The lowest BCUT2D eigenvalue weighted by atomic mass is 10.1. The zero-order chi connectivity index (χ0) is 12.9. The Labute approximate surface area is 115 Å². The standard InChI is InChI=1S/C13H10.C5H11N/c1-3-7-12-10(5-1)9-11-6-2-4-8-13(11)12;1-2-4-6-5-3-1/h1-8H,9H2;6H,1-5H2. The number of nitrogens with one attached hydrogen (secondary N) is 1. The van der Waals surface area contributed by atoms with Crippen LogP contribution >= 0.6 is 0 Å². The minimum absolute atomic E-state index is 1.10. The van der Waals surface area contributed by atoms with Crippen LogP contribution in [0.4, 0.5) is 0 Å². The largest absolute Gasteiger partial charge is 0.317 e. The fourth-order valence-electron chi connectivity index (χ4n) is 2.88. The van der Waals surface area contributed by atoms with Crippen LogP contribution < -0.4 is 5.32 Å². The maximum Gasteiger partial charge on any atom is -0.00135 e. The first-order valence-corrected chi connectivity index (χ1v) is 7.32. The van der Waals surface area contributed by atoms with Crippen molar-refractivity contribution in [3.8, 4) is 11.1 Å². The normalized spacial score (nSPS) is 16.0. The minimum atomic E-state index is 1.10. The van der Waals surface area contributed by atoms with E-state index in [-0.39, 0.29) is 0 Å². The van der Waals surface area contributed by atoms with Gasteiger partial charge in [-0.1, -0.05) is 55.0 Å². The lowest BCUT2D eigenvalue weighted by Crippen LogP contribution is -2.21. The van der Waals surface area contributed by atoms with Crippen molar-refractivity contribution >= 4 is 0 Å². The highest BCUT2D eigenvalue weighted by molar-refractivity contribution is 5.76. The highest BCUT2D eigenvalue weighted by Crippen LogP contribution is 2.35. The smallest absolute Gasteiger partial charge is 0.00135 e. The predicted octanol–water partition coefficient (Wildman–Crippen LogP) is 4.02.